The van der Waals surface area contributed by atoms with Crippen molar-refractivity contribution in [3.05, 3.63) is 28.8 Å². The molecule has 0 radical (unpaired) electrons. The molecule has 0 fully saturated rings. The van der Waals surface area contributed by atoms with Crippen LogP contribution in [0.25, 0.3) is 0 Å². The Morgan fingerprint density at radius 1 is 1.44 bits per heavy atom. The van der Waals surface area contributed by atoms with Crippen LogP contribution in [0.15, 0.2) is 18.2 Å². The third-order valence-corrected chi connectivity index (χ3v) is 2.65. The molecule has 1 rings (SSSR count). The van der Waals surface area contributed by atoms with Crippen molar-refractivity contribution in [2.24, 2.45) is 5.92 Å². The molecular weight excluding hydrogens is 224 g/mol. The van der Waals surface area contributed by atoms with Crippen LogP contribution in [0, 0.1) is 12.8 Å². The molecule has 0 bridgehead atoms. The molecule has 0 aliphatic carbocycles. The zero-order chi connectivity index (χ0) is 12.1. The smallest absolute Gasteiger partial charge is 0.138 e. The van der Waals surface area contributed by atoms with Gasteiger partial charge in [0.15, 0.2) is 0 Å². The van der Waals surface area contributed by atoms with Crippen LogP contribution in [-0.2, 0) is 4.79 Å². The lowest BCUT2D eigenvalue weighted by Gasteiger charge is -2.09. The van der Waals surface area contributed by atoms with Crippen molar-refractivity contribution in [3.63, 3.8) is 0 Å². The molecule has 0 atom stereocenters. The SMILES string of the molecule is Cc1ccc(Cl)c(OCCC(=O)C(C)C)c1. The Labute approximate surface area is 102 Å². The van der Waals surface area contributed by atoms with Crippen molar-refractivity contribution in [1.82, 2.24) is 0 Å². The minimum atomic E-state index is 0.0663. The number of halogens is 1. The Morgan fingerprint density at radius 3 is 2.75 bits per heavy atom. The minimum Gasteiger partial charge on any atom is -0.492 e. The first kappa shape index (κ1) is 13.0. The van der Waals surface area contributed by atoms with Gasteiger partial charge in [0.25, 0.3) is 0 Å². The van der Waals surface area contributed by atoms with Crippen LogP contribution in [0.1, 0.15) is 25.8 Å². The molecule has 0 aliphatic rings. The highest BCUT2D eigenvalue weighted by atomic mass is 35.5. The molecule has 0 saturated heterocycles. The van der Waals surface area contributed by atoms with Crippen molar-refractivity contribution in [2.75, 3.05) is 6.61 Å². The molecule has 0 N–H and O–H groups in total. The summed E-state index contributed by atoms with van der Waals surface area (Å²) < 4.78 is 5.49. The van der Waals surface area contributed by atoms with Crippen LogP contribution < -0.4 is 4.74 Å². The number of hydrogen-bond donors (Lipinski definition) is 0. The van der Waals surface area contributed by atoms with Gasteiger partial charge in [-0.25, -0.2) is 0 Å². The summed E-state index contributed by atoms with van der Waals surface area (Å²) in [5.74, 6) is 0.929. The molecule has 16 heavy (non-hydrogen) atoms. The van der Waals surface area contributed by atoms with Crippen LogP contribution in [0.3, 0.4) is 0 Å². The number of carbonyl (C=O) groups excluding carboxylic acids is 1. The molecule has 0 heterocycles. The van der Waals surface area contributed by atoms with Gasteiger partial charge in [-0.2, -0.15) is 0 Å². The zero-order valence-corrected chi connectivity index (χ0v) is 10.7. The number of hydrogen-bond acceptors (Lipinski definition) is 2. The fourth-order valence-corrected chi connectivity index (χ4v) is 1.44. The van der Waals surface area contributed by atoms with E-state index < -0.39 is 0 Å². The van der Waals surface area contributed by atoms with Gasteiger partial charge in [0.1, 0.15) is 11.5 Å². The molecule has 0 aromatic heterocycles. The normalized spacial score (nSPS) is 10.6. The Balaban J connectivity index is 2.49. The quantitative estimate of drug-likeness (QED) is 0.786. The number of ether oxygens (including phenoxy) is 1. The van der Waals surface area contributed by atoms with E-state index in [1.807, 2.05) is 32.9 Å². The Bertz CT molecular complexity index is 372. The van der Waals surface area contributed by atoms with E-state index in [1.54, 1.807) is 6.07 Å². The first-order chi connectivity index (χ1) is 7.50. The molecule has 1 aromatic carbocycles. The van der Waals surface area contributed by atoms with Crippen LogP contribution >= 0.6 is 11.6 Å². The highest BCUT2D eigenvalue weighted by molar-refractivity contribution is 6.32. The average molecular weight is 241 g/mol. The summed E-state index contributed by atoms with van der Waals surface area (Å²) in [6, 6.07) is 5.60. The van der Waals surface area contributed by atoms with Gasteiger partial charge in [-0.1, -0.05) is 31.5 Å². The van der Waals surface area contributed by atoms with Gasteiger partial charge in [0, 0.05) is 12.3 Å². The van der Waals surface area contributed by atoms with Crippen LogP contribution in [-0.4, -0.2) is 12.4 Å². The first-order valence-electron chi connectivity index (χ1n) is 5.42. The molecule has 0 spiro atoms. The van der Waals surface area contributed by atoms with Gasteiger partial charge < -0.3 is 4.74 Å². The van der Waals surface area contributed by atoms with E-state index in [-0.39, 0.29) is 11.7 Å². The third-order valence-electron chi connectivity index (χ3n) is 2.34. The number of aryl methyl sites for hydroxylation is 1. The van der Waals surface area contributed by atoms with Crippen molar-refractivity contribution in [3.8, 4) is 5.75 Å². The number of benzene rings is 1. The second kappa shape index (κ2) is 5.90. The molecule has 2 nitrogen and oxygen atoms in total. The van der Waals surface area contributed by atoms with E-state index in [2.05, 4.69) is 0 Å². The summed E-state index contributed by atoms with van der Waals surface area (Å²) in [4.78, 5) is 11.4. The first-order valence-corrected chi connectivity index (χ1v) is 5.80. The van der Waals surface area contributed by atoms with Gasteiger partial charge in [-0.15, -0.1) is 0 Å². The molecule has 0 saturated carbocycles. The fraction of sp³-hybridized carbons (Fsp3) is 0.462. The molecule has 88 valence electrons. The monoisotopic (exact) mass is 240 g/mol. The van der Waals surface area contributed by atoms with Crippen LogP contribution in [0.5, 0.6) is 5.75 Å². The van der Waals surface area contributed by atoms with E-state index in [0.29, 0.717) is 23.8 Å². The highest BCUT2D eigenvalue weighted by Gasteiger charge is 2.08. The van der Waals surface area contributed by atoms with Gasteiger partial charge in [0.2, 0.25) is 0 Å². The molecule has 0 unspecified atom stereocenters. The summed E-state index contributed by atoms with van der Waals surface area (Å²) in [6.07, 6.45) is 0.432. The van der Waals surface area contributed by atoms with E-state index in [4.69, 9.17) is 16.3 Å². The summed E-state index contributed by atoms with van der Waals surface area (Å²) in [5.41, 5.74) is 1.09. The Morgan fingerprint density at radius 2 is 2.12 bits per heavy atom. The number of Topliss-reactive ketones (excluding diaryl/α,β-unsaturated/α-hetero) is 1. The molecule has 0 aliphatic heterocycles. The second-order valence-electron chi connectivity index (χ2n) is 4.15. The van der Waals surface area contributed by atoms with Crippen LogP contribution in [0.4, 0.5) is 0 Å². The summed E-state index contributed by atoms with van der Waals surface area (Å²) in [5, 5.41) is 0.586. The topological polar surface area (TPSA) is 26.3 Å². The predicted octanol–water partition coefficient (Wildman–Crippen LogP) is 3.64. The Kier molecular flexibility index (Phi) is 4.81. The van der Waals surface area contributed by atoms with E-state index in [9.17, 15) is 4.79 Å². The summed E-state index contributed by atoms with van der Waals surface area (Å²) in [7, 11) is 0. The van der Waals surface area contributed by atoms with Gasteiger partial charge in [0.05, 0.1) is 11.6 Å². The zero-order valence-electron chi connectivity index (χ0n) is 9.92. The summed E-state index contributed by atoms with van der Waals surface area (Å²) in [6.45, 7) is 6.15. The van der Waals surface area contributed by atoms with E-state index in [1.165, 1.54) is 0 Å². The van der Waals surface area contributed by atoms with Crippen molar-refractivity contribution in [2.45, 2.75) is 27.2 Å². The van der Waals surface area contributed by atoms with Gasteiger partial charge in [-0.3, -0.25) is 4.79 Å². The highest BCUT2D eigenvalue weighted by Crippen LogP contribution is 2.25. The molecule has 0 amide bonds. The fourth-order valence-electron chi connectivity index (χ4n) is 1.27. The van der Waals surface area contributed by atoms with Gasteiger partial charge >= 0.3 is 0 Å². The van der Waals surface area contributed by atoms with E-state index >= 15 is 0 Å². The van der Waals surface area contributed by atoms with Crippen molar-refractivity contribution < 1.29 is 9.53 Å². The van der Waals surface area contributed by atoms with Gasteiger partial charge in [-0.05, 0) is 24.6 Å². The maximum Gasteiger partial charge on any atom is 0.138 e. The second-order valence-corrected chi connectivity index (χ2v) is 4.56. The van der Waals surface area contributed by atoms with E-state index in [0.717, 1.165) is 5.56 Å². The third kappa shape index (κ3) is 3.86. The lowest BCUT2D eigenvalue weighted by molar-refractivity contribution is -0.122. The Hall–Kier alpha value is -1.02. The lowest BCUT2D eigenvalue weighted by Crippen LogP contribution is -2.11. The molecular formula is C13H17ClO2. The van der Waals surface area contributed by atoms with Crippen molar-refractivity contribution in [1.29, 1.82) is 0 Å². The maximum atomic E-state index is 11.4. The standard InChI is InChI=1S/C13H17ClO2/c1-9(2)12(15)6-7-16-13-8-10(3)4-5-11(13)14/h4-5,8-9H,6-7H2,1-3H3. The minimum absolute atomic E-state index is 0.0663. The van der Waals surface area contributed by atoms with Crippen LogP contribution in [0.2, 0.25) is 5.02 Å². The summed E-state index contributed by atoms with van der Waals surface area (Å²) >= 11 is 5.96. The number of ketones is 1. The lowest BCUT2D eigenvalue weighted by atomic mass is 10.1. The largest absolute Gasteiger partial charge is 0.492 e. The van der Waals surface area contributed by atoms with Crippen molar-refractivity contribution >= 4 is 17.4 Å². The maximum absolute atomic E-state index is 11.4. The molecule has 1 aromatic rings. The number of carbonyl (C=O) groups is 1. The average Bonchev–Trinajstić information content (AvgIpc) is 2.22. The predicted molar refractivity (Wildman–Crippen MR) is 66.1 cm³/mol. The number of rotatable bonds is 5. The molecule has 3 heteroatoms.